The summed E-state index contributed by atoms with van der Waals surface area (Å²) in [6, 6.07) is 5.32. The number of allylic oxidation sites excluding steroid dienone is 3. The smallest absolute Gasteiger partial charge is 0.336 e. The van der Waals surface area contributed by atoms with Crippen molar-refractivity contribution in [3.63, 3.8) is 0 Å². The third-order valence-corrected chi connectivity index (χ3v) is 6.06. The average molecular weight is 458 g/mol. The third-order valence-electron chi connectivity index (χ3n) is 6.06. The average Bonchev–Trinajstić information content (AvgIpc) is 2.78. The van der Waals surface area contributed by atoms with Crippen LogP contribution in [0.25, 0.3) is 0 Å². The van der Waals surface area contributed by atoms with Crippen LogP contribution in [0.5, 0.6) is 11.5 Å². The summed E-state index contributed by atoms with van der Waals surface area (Å²) in [5, 5.41) is 3.24. The second-order valence-electron chi connectivity index (χ2n) is 8.10. The summed E-state index contributed by atoms with van der Waals surface area (Å²) in [5.41, 5.74) is 2.69. The monoisotopic (exact) mass is 457 g/mol. The Labute approximate surface area is 193 Å². The van der Waals surface area contributed by atoms with Crippen LogP contribution in [0.1, 0.15) is 45.6 Å². The molecule has 1 N–H and O–H groups in total. The largest absolute Gasteiger partial charge is 0.493 e. The summed E-state index contributed by atoms with van der Waals surface area (Å²) in [6.45, 7) is 7.89. The van der Waals surface area contributed by atoms with Gasteiger partial charge in [0.1, 0.15) is 5.92 Å². The quantitative estimate of drug-likeness (QED) is 0.492. The zero-order chi connectivity index (χ0) is 24.3. The standard InChI is InChI=1S/C25H31NO7/c1-7-32-17-10-9-15(12-18(17)30-5)21-20(25(29)33-8-2)14(4)26-16-11-13(3)19(24(28)31-6)23(27)22(16)21/h9-10,12-13,19,21,26H,7-8,11H2,1-6H3/t13-,19-,21+/m1/s1. The van der Waals surface area contributed by atoms with Crippen molar-refractivity contribution >= 4 is 17.7 Å². The number of carbonyl (C=O) groups excluding carboxylic acids is 3. The number of Topliss-reactive ketones (excluding diaryl/α,β-unsaturated/α-hetero) is 1. The summed E-state index contributed by atoms with van der Waals surface area (Å²) >= 11 is 0. The van der Waals surface area contributed by atoms with Gasteiger partial charge in [0.2, 0.25) is 0 Å². The van der Waals surface area contributed by atoms with Gasteiger partial charge in [-0.2, -0.15) is 0 Å². The molecule has 0 fully saturated rings. The van der Waals surface area contributed by atoms with Crippen molar-refractivity contribution in [2.24, 2.45) is 11.8 Å². The van der Waals surface area contributed by atoms with Crippen molar-refractivity contribution in [3.05, 3.63) is 46.3 Å². The Hall–Kier alpha value is -3.29. The number of methoxy groups -OCH3 is 2. The molecule has 2 aliphatic rings. The number of hydrogen-bond acceptors (Lipinski definition) is 8. The lowest BCUT2D eigenvalue weighted by Crippen LogP contribution is -2.43. The Kier molecular flexibility index (Phi) is 7.46. The van der Waals surface area contributed by atoms with Gasteiger partial charge < -0.3 is 24.3 Å². The zero-order valence-electron chi connectivity index (χ0n) is 19.9. The highest BCUT2D eigenvalue weighted by molar-refractivity contribution is 6.12. The molecule has 1 aliphatic heterocycles. The first-order valence-electron chi connectivity index (χ1n) is 11.1. The van der Waals surface area contributed by atoms with Gasteiger partial charge in [-0.1, -0.05) is 13.0 Å². The molecule has 3 atom stereocenters. The molecule has 0 spiro atoms. The molecule has 0 unspecified atom stereocenters. The molecule has 0 aromatic heterocycles. The highest BCUT2D eigenvalue weighted by atomic mass is 16.5. The van der Waals surface area contributed by atoms with Crippen LogP contribution in [-0.4, -0.2) is 45.2 Å². The van der Waals surface area contributed by atoms with Crippen molar-refractivity contribution in [2.75, 3.05) is 27.4 Å². The molecular weight excluding hydrogens is 426 g/mol. The number of rotatable bonds is 7. The zero-order valence-corrected chi connectivity index (χ0v) is 19.9. The Morgan fingerprint density at radius 1 is 1.12 bits per heavy atom. The molecule has 8 nitrogen and oxygen atoms in total. The van der Waals surface area contributed by atoms with Crippen LogP contribution >= 0.6 is 0 Å². The van der Waals surface area contributed by atoms with Crippen molar-refractivity contribution < 1.29 is 33.3 Å². The topological polar surface area (TPSA) is 100 Å². The SMILES string of the molecule is CCOC(=O)C1=C(C)NC2=C(C(=O)[C@H](C(=O)OC)[C@H](C)C2)[C@H]1c1ccc(OCC)c(OC)c1. The van der Waals surface area contributed by atoms with Crippen LogP contribution in [0.3, 0.4) is 0 Å². The molecule has 1 aromatic rings. The fourth-order valence-electron chi connectivity index (χ4n) is 4.63. The summed E-state index contributed by atoms with van der Waals surface area (Å²) in [4.78, 5) is 39.2. The van der Waals surface area contributed by atoms with E-state index in [9.17, 15) is 14.4 Å². The fraction of sp³-hybridized carbons (Fsp3) is 0.480. The van der Waals surface area contributed by atoms with Gasteiger partial charge in [0, 0.05) is 22.9 Å². The van der Waals surface area contributed by atoms with E-state index < -0.39 is 23.8 Å². The molecule has 8 heteroatoms. The molecule has 33 heavy (non-hydrogen) atoms. The molecule has 0 saturated heterocycles. The summed E-state index contributed by atoms with van der Waals surface area (Å²) in [5.74, 6) is -2.32. The Balaban J connectivity index is 2.21. The number of ether oxygens (including phenoxy) is 4. The molecule has 1 aromatic carbocycles. The maximum atomic E-state index is 13.7. The Morgan fingerprint density at radius 2 is 1.85 bits per heavy atom. The van der Waals surface area contributed by atoms with E-state index in [1.807, 2.05) is 13.8 Å². The number of benzene rings is 1. The number of dihydropyridines is 1. The fourth-order valence-corrected chi connectivity index (χ4v) is 4.63. The lowest BCUT2D eigenvalue weighted by molar-refractivity contribution is -0.151. The van der Waals surface area contributed by atoms with Gasteiger partial charge in [-0.05, 0) is 50.8 Å². The highest BCUT2D eigenvalue weighted by Gasteiger charge is 2.47. The van der Waals surface area contributed by atoms with E-state index in [0.717, 1.165) is 0 Å². The predicted molar refractivity (Wildman–Crippen MR) is 121 cm³/mol. The Bertz CT molecular complexity index is 1020. The summed E-state index contributed by atoms with van der Waals surface area (Å²) in [6.07, 6.45) is 0.471. The van der Waals surface area contributed by atoms with E-state index in [1.54, 1.807) is 32.0 Å². The molecule has 0 radical (unpaired) electrons. The van der Waals surface area contributed by atoms with Gasteiger partial charge in [-0.3, -0.25) is 9.59 Å². The van der Waals surface area contributed by atoms with Crippen molar-refractivity contribution in [1.29, 1.82) is 0 Å². The van der Waals surface area contributed by atoms with E-state index in [-0.39, 0.29) is 18.3 Å². The van der Waals surface area contributed by atoms with Gasteiger partial charge in [0.15, 0.2) is 17.3 Å². The van der Waals surface area contributed by atoms with Gasteiger partial charge in [0.25, 0.3) is 0 Å². The first-order valence-corrected chi connectivity index (χ1v) is 11.1. The van der Waals surface area contributed by atoms with Crippen molar-refractivity contribution in [1.82, 2.24) is 5.32 Å². The number of esters is 2. The number of nitrogens with one attached hydrogen (secondary N) is 1. The van der Waals surface area contributed by atoms with E-state index >= 15 is 0 Å². The molecule has 0 bridgehead atoms. The molecular formula is C25H31NO7. The third kappa shape index (κ3) is 4.47. The molecule has 1 heterocycles. The molecule has 3 rings (SSSR count). The maximum Gasteiger partial charge on any atom is 0.336 e. The summed E-state index contributed by atoms with van der Waals surface area (Å²) < 4.78 is 21.4. The number of hydrogen-bond donors (Lipinski definition) is 1. The van der Waals surface area contributed by atoms with E-state index in [0.29, 0.717) is 52.6 Å². The van der Waals surface area contributed by atoms with Crippen molar-refractivity contribution in [3.8, 4) is 11.5 Å². The first-order chi connectivity index (χ1) is 15.8. The lowest BCUT2D eigenvalue weighted by Gasteiger charge is -2.38. The van der Waals surface area contributed by atoms with Gasteiger partial charge in [0.05, 0.1) is 33.0 Å². The van der Waals surface area contributed by atoms with Crippen LogP contribution in [0, 0.1) is 11.8 Å². The lowest BCUT2D eigenvalue weighted by atomic mass is 9.69. The maximum absolute atomic E-state index is 13.7. The van der Waals surface area contributed by atoms with Crippen LogP contribution in [-0.2, 0) is 23.9 Å². The van der Waals surface area contributed by atoms with E-state index in [2.05, 4.69) is 5.32 Å². The molecule has 0 saturated carbocycles. The molecule has 1 aliphatic carbocycles. The normalized spacial score (nSPS) is 22.4. The van der Waals surface area contributed by atoms with E-state index in [1.165, 1.54) is 14.2 Å². The Morgan fingerprint density at radius 3 is 2.45 bits per heavy atom. The number of ketones is 1. The van der Waals surface area contributed by atoms with Crippen LogP contribution < -0.4 is 14.8 Å². The second kappa shape index (κ2) is 10.1. The summed E-state index contributed by atoms with van der Waals surface area (Å²) in [7, 11) is 2.80. The molecule has 0 amide bonds. The van der Waals surface area contributed by atoms with Crippen LogP contribution in [0.4, 0.5) is 0 Å². The van der Waals surface area contributed by atoms with E-state index in [4.69, 9.17) is 18.9 Å². The van der Waals surface area contributed by atoms with Crippen molar-refractivity contribution in [2.45, 2.75) is 40.0 Å². The first kappa shape index (κ1) is 24.4. The van der Waals surface area contributed by atoms with Gasteiger partial charge >= 0.3 is 11.9 Å². The highest BCUT2D eigenvalue weighted by Crippen LogP contribution is 2.46. The second-order valence-corrected chi connectivity index (χ2v) is 8.10. The predicted octanol–water partition coefficient (Wildman–Crippen LogP) is 3.27. The minimum absolute atomic E-state index is 0.191. The minimum Gasteiger partial charge on any atom is -0.493 e. The molecule has 178 valence electrons. The van der Waals surface area contributed by atoms with Gasteiger partial charge in [-0.15, -0.1) is 0 Å². The van der Waals surface area contributed by atoms with Crippen LogP contribution in [0.2, 0.25) is 0 Å². The minimum atomic E-state index is -0.940. The van der Waals surface area contributed by atoms with Crippen LogP contribution in [0.15, 0.2) is 40.7 Å². The number of carbonyl (C=O) groups is 3. The van der Waals surface area contributed by atoms with Gasteiger partial charge in [-0.25, -0.2) is 4.79 Å².